The summed E-state index contributed by atoms with van der Waals surface area (Å²) in [5.41, 5.74) is 1.30. The molecule has 1 nitrogen and oxygen atoms in total. The molecule has 0 aliphatic carbocycles. The van der Waals surface area contributed by atoms with Crippen molar-refractivity contribution in [1.29, 1.82) is 0 Å². The first-order valence-corrected chi connectivity index (χ1v) is 7.25. The normalized spacial score (nSPS) is 13.7. The maximum atomic E-state index is 6.25. The number of hydrogen-bond acceptors (Lipinski definition) is 1. The molecule has 0 heterocycles. The van der Waals surface area contributed by atoms with Gasteiger partial charge in [-0.15, -0.1) is 0 Å². The van der Waals surface area contributed by atoms with E-state index in [1.54, 1.807) is 0 Å². The highest BCUT2D eigenvalue weighted by molar-refractivity contribution is 6.35. The Hall–Kier alpha value is -0.240. The lowest BCUT2D eigenvalue weighted by molar-refractivity contribution is 0.232. The van der Waals surface area contributed by atoms with E-state index in [4.69, 9.17) is 23.2 Å². The molecule has 1 aromatic carbocycles. The van der Waals surface area contributed by atoms with E-state index in [0.29, 0.717) is 5.92 Å². The second kappa shape index (κ2) is 6.79. The van der Waals surface area contributed by atoms with Gasteiger partial charge in [0.15, 0.2) is 0 Å². The van der Waals surface area contributed by atoms with Crippen LogP contribution in [0, 0.1) is 11.3 Å². The number of hydrogen-bond donors (Lipinski definition) is 1. The summed E-state index contributed by atoms with van der Waals surface area (Å²) in [6.45, 7) is 10.9. The maximum Gasteiger partial charge on any atom is 0.0452 e. The number of rotatable bonds is 5. The predicted molar refractivity (Wildman–Crippen MR) is 81.7 cm³/mol. The summed E-state index contributed by atoms with van der Waals surface area (Å²) < 4.78 is 0. The Morgan fingerprint density at radius 2 is 1.72 bits per heavy atom. The Morgan fingerprint density at radius 3 is 2.17 bits per heavy atom. The van der Waals surface area contributed by atoms with Gasteiger partial charge in [0.1, 0.15) is 0 Å². The molecule has 18 heavy (non-hydrogen) atoms. The van der Waals surface area contributed by atoms with E-state index in [-0.39, 0.29) is 5.41 Å². The fourth-order valence-corrected chi connectivity index (χ4v) is 2.53. The zero-order chi connectivity index (χ0) is 13.8. The molecular formula is C15H23Cl2N. The highest BCUT2D eigenvalue weighted by Crippen LogP contribution is 2.33. The molecule has 0 radical (unpaired) electrons. The van der Waals surface area contributed by atoms with Crippen LogP contribution in [0.2, 0.25) is 10.0 Å². The van der Waals surface area contributed by atoms with E-state index >= 15 is 0 Å². The molecule has 1 aromatic rings. The molecule has 0 aromatic heterocycles. The van der Waals surface area contributed by atoms with Gasteiger partial charge in [-0.05, 0) is 48.5 Å². The van der Waals surface area contributed by atoms with Crippen molar-refractivity contribution in [2.75, 3.05) is 13.1 Å². The highest BCUT2D eigenvalue weighted by Gasteiger charge is 2.25. The van der Waals surface area contributed by atoms with Crippen molar-refractivity contribution in [3.05, 3.63) is 33.8 Å². The lowest BCUT2D eigenvalue weighted by Crippen LogP contribution is -2.33. The molecule has 0 spiro atoms. The Balaban J connectivity index is 2.89. The molecule has 1 atom stereocenters. The number of benzene rings is 1. The van der Waals surface area contributed by atoms with Crippen molar-refractivity contribution < 1.29 is 0 Å². The fraction of sp³-hybridized carbons (Fsp3) is 0.600. The van der Waals surface area contributed by atoms with Crippen LogP contribution in [0.3, 0.4) is 0 Å². The quantitative estimate of drug-likeness (QED) is 0.820. The third-order valence-corrected chi connectivity index (χ3v) is 4.09. The first-order chi connectivity index (χ1) is 8.36. The lowest BCUT2D eigenvalue weighted by Gasteiger charge is -2.31. The van der Waals surface area contributed by atoms with Crippen molar-refractivity contribution in [3.8, 4) is 0 Å². The summed E-state index contributed by atoms with van der Waals surface area (Å²) in [4.78, 5) is 0. The molecule has 0 saturated heterocycles. The van der Waals surface area contributed by atoms with Crippen LogP contribution in [-0.2, 0) is 6.42 Å². The minimum absolute atomic E-state index is 0.227. The summed E-state index contributed by atoms with van der Waals surface area (Å²) in [6, 6.07) is 5.72. The van der Waals surface area contributed by atoms with E-state index in [1.165, 1.54) is 0 Å². The SMILES string of the molecule is CCNCC(Cc1c(Cl)cccc1Cl)C(C)(C)C. The van der Waals surface area contributed by atoms with Gasteiger partial charge in [-0.2, -0.15) is 0 Å². The molecule has 0 bridgehead atoms. The monoisotopic (exact) mass is 287 g/mol. The molecule has 0 aliphatic rings. The van der Waals surface area contributed by atoms with E-state index in [2.05, 4.69) is 33.0 Å². The fourth-order valence-electron chi connectivity index (χ4n) is 1.98. The van der Waals surface area contributed by atoms with Crippen molar-refractivity contribution in [1.82, 2.24) is 5.32 Å². The van der Waals surface area contributed by atoms with Gasteiger partial charge in [-0.3, -0.25) is 0 Å². The van der Waals surface area contributed by atoms with Crippen LogP contribution < -0.4 is 5.32 Å². The van der Waals surface area contributed by atoms with Crippen LogP contribution in [0.5, 0.6) is 0 Å². The Kier molecular flexibility index (Phi) is 5.97. The molecule has 1 rings (SSSR count). The zero-order valence-electron chi connectivity index (χ0n) is 11.7. The van der Waals surface area contributed by atoms with Gasteiger partial charge in [0, 0.05) is 10.0 Å². The standard InChI is InChI=1S/C15H23Cl2N/c1-5-18-10-11(15(2,3)4)9-12-13(16)7-6-8-14(12)17/h6-8,11,18H,5,9-10H2,1-4H3. The number of nitrogens with one attached hydrogen (secondary N) is 1. The van der Waals surface area contributed by atoms with Gasteiger partial charge >= 0.3 is 0 Å². The number of halogens is 2. The van der Waals surface area contributed by atoms with Crippen molar-refractivity contribution in [2.24, 2.45) is 11.3 Å². The van der Waals surface area contributed by atoms with Crippen LogP contribution >= 0.6 is 23.2 Å². The van der Waals surface area contributed by atoms with Gasteiger partial charge < -0.3 is 5.32 Å². The molecule has 0 saturated carbocycles. The maximum absolute atomic E-state index is 6.25. The molecule has 0 fully saturated rings. The smallest absolute Gasteiger partial charge is 0.0452 e. The molecule has 0 amide bonds. The molecule has 102 valence electrons. The second-order valence-electron chi connectivity index (χ2n) is 5.77. The van der Waals surface area contributed by atoms with Gasteiger partial charge in [0.2, 0.25) is 0 Å². The summed E-state index contributed by atoms with van der Waals surface area (Å²) in [5, 5.41) is 4.97. The molecule has 0 aliphatic heterocycles. The van der Waals surface area contributed by atoms with Crippen molar-refractivity contribution in [3.63, 3.8) is 0 Å². The Labute approximate surface area is 121 Å². The lowest BCUT2D eigenvalue weighted by atomic mass is 9.77. The molecule has 1 N–H and O–H groups in total. The van der Waals surface area contributed by atoms with Crippen LogP contribution in [0.4, 0.5) is 0 Å². The van der Waals surface area contributed by atoms with Crippen molar-refractivity contribution in [2.45, 2.75) is 34.1 Å². The van der Waals surface area contributed by atoms with E-state index in [0.717, 1.165) is 35.1 Å². The van der Waals surface area contributed by atoms with Gasteiger partial charge in [-0.25, -0.2) is 0 Å². The Bertz CT molecular complexity index is 362. The molecule has 1 unspecified atom stereocenters. The first-order valence-electron chi connectivity index (χ1n) is 6.49. The highest BCUT2D eigenvalue weighted by atomic mass is 35.5. The summed E-state index contributed by atoms with van der Waals surface area (Å²) >= 11 is 12.5. The third kappa shape index (κ3) is 4.46. The van der Waals surface area contributed by atoms with Crippen LogP contribution in [0.15, 0.2) is 18.2 Å². The van der Waals surface area contributed by atoms with E-state index in [9.17, 15) is 0 Å². The summed E-state index contributed by atoms with van der Waals surface area (Å²) in [5.74, 6) is 0.509. The topological polar surface area (TPSA) is 12.0 Å². The van der Waals surface area contributed by atoms with Gasteiger partial charge in [0.25, 0.3) is 0 Å². The first kappa shape index (κ1) is 15.8. The molecular weight excluding hydrogens is 265 g/mol. The van der Waals surface area contributed by atoms with Gasteiger partial charge in [0.05, 0.1) is 0 Å². The minimum Gasteiger partial charge on any atom is -0.317 e. The van der Waals surface area contributed by atoms with E-state index < -0.39 is 0 Å². The van der Waals surface area contributed by atoms with E-state index in [1.807, 2.05) is 18.2 Å². The van der Waals surface area contributed by atoms with Gasteiger partial charge in [-0.1, -0.05) is 57.0 Å². The van der Waals surface area contributed by atoms with Crippen LogP contribution in [0.1, 0.15) is 33.3 Å². The third-order valence-electron chi connectivity index (χ3n) is 3.38. The summed E-state index contributed by atoms with van der Waals surface area (Å²) in [6.07, 6.45) is 0.912. The zero-order valence-corrected chi connectivity index (χ0v) is 13.2. The molecule has 3 heteroatoms. The largest absolute Gasteiger partial charge is 0.317 e. The minimum atomic E-state index is 0.227. The summed E-state index contributed by atoms with van der Waals surface area (Å²) in [7, 11) is 0. The average Bonchev–Trinajstić information content (AvgIpc) is 2.26. The van der Waals surface area contributed by atoms with Crippen molar-refractivity contribution >= 4 is 23.2 Å². The van der Waals surface area contributed by atoms with Crippen LogP contribution in [-0.4, -0.2) is 13.1 Å². The predicted octanol–water partition coefficient (Wildman–Crippen LogP) is 4.81. The van der Waals surface area contributed by atoms with Crippen LogP contribution in [0.25, 0.3) is 0 Å². The average molecular weight is 288 g/mol. The Morgan fingerprint density at radius 1 is 1.17 bits per heavy atom. The second-order valence-corrected chi connectivity index (χ2v) is 6.59.